The summed E-state index contributed by atoms with van der Waals surface area (Å²) >= 11 is 0. The third-order valence-corrected chi connectivity index (χ3v) is 2.95. The van der Waals surface area contributed by atoms with Gasteiger partial charge in [0.15, 0.2) is 0 Å². The van der Waals surface area contributed by atoms with Gasteiger partial charge in [-0.1, -0.05) is 32.9 Å². The molecule has 0 aliphatic rings. The zero-order valence-corrected chi connectivity index (χ0v) is 10.2. The molecule has 0 amide bonds. The topological polar surface area (TPSA) is 22.0 Å². The molecule has 0 aliphatic heterocycles. The van der Waals surface area contributed by atoms with Crippen molar-refractivity contribution in [3.63, 3.8) is 0 Å². The smallest absolute Gasteiger partial charge is 0.245 e. The lowest BCUT2D eigenvalue weighted by Crippen LogP contribution is -2.18. The van der Waals surface area contributed by atoms with E-state index in [1.165, 1.54) is 5.56 Å². The van der Waals surface area contributed by atoms with E-state index in [9.17, 15) is 4.79 Å². The van der Waals surface area contributed by atoms with E-state index in [1.54, 1.807) is 18.7 Å². The molecule has 82 valence electrons. The van der Waals surface area contributed by atoms with Crippen LogP contribution in [0.25, 0.3) is 10.8 Å². The summed E-state index contributed by atoms with van der Waals surface area (Å²) in [5.41, 5.74) is 1.35. The maximum absolute atomic E-state index is 12.0. The summed E-state index contributed by atoms with van der Waals surface area (Å²) in [6, 6.07) is 8.11. The van der Waals surface area contributed by atoms with Crippen LogP contribution < -0.4 is 5.56 Å². The number of aromatic nitrogens is 1. The first-order chi connectivity index (χ1) is 7.39. The highest BCUT2D eigenvalue weighted by atomic mass is 16.1. The summed E-state index contributed by atoms with van der Waals surface area (Å²) in [7, 11) is 1.78. The fourth-order valence-electron chi connectivity index (χ4n) is 1.80. The molecule has 0 N–H and O–H groups in total. The van der Waals surface area contributed by atoms with E-state index < -0.39 is 0 Å². The van der Waals surface area contributed by atoms with Gasteiger partial charge in [0.2, 0.25) is 13.5 Å². The molecule has 2 rings (SSSR count). The predicted octanol–water partition coefficient (Wildman–Crippen LogP) is 1.70. The van der Waals surface area contributed by atoms with Crippen LogP contribution in [0.2, 0.25) is 0 Å². The molecule has 0 aliphatic carbocycles. The SMILES string of the molecule is Bn1ccc2ccc(C(C)(C)C)cc2c1=O. The Morgan fingerprint density at radius 2 is 1.88 bits per heavy atom. The molecule has 3 heteroatoms. The molecule has 0 saturated heterocycles. The minimum absolute atomic E-state index is 0.0728. The highest BCUT2D eigenvalue weighted by molar-refractivity contribution is 6.07. The standard InChI is InChI=1S/C13H16BNO/c1-13(2,3)10-5-4-9-6-7-15(14)12(16)11(9)8-10/h4-8H,14H2,1-3H3. The molecule has 1 aromatic heterocycles. The number of hydrogen-bond acceptors (Lipinski definition) is 1. The molecular formula is C13H16BNO. The lowest BCUT2D eigenvalue weighted by Gasteiger charge is -2.19. The number of benzene rings is 1. The molecule has 0 atom stereocenters. The van der Waals surface area contributed by atoms with Crippen LogP contribution in [-0.4, -0.2) is 12.5 Å². The Labute approximate surface area is 96.3 Å². The van der Waals surface area contributed by atoms with Crippen LogP contribution in [0, 0.1) is 0 Å². The van der Waals surface area contributed by atoms with Crippen molar-refractivity contribution in [3.05, 3.63) is 46.4 Å². The molecule has 0 radical (unpaired) electrons. The maximum Gasteiger partial charge on any atom is 0.245 e. The van der Waals surface area contributed by atoms with E-state index in [0.29, 0.717) is 0 Å². The number of hydrogen-bond donors (Lipinski definition) is 0. The minimum Gasteiger partial charge on any atom is -0.367 e. The second-order valence-corrected chi connectivity index (χ2v) is 5.28. The predicted molar refractivity (Wildman–Crippen MR) is 70.9 cm³/mol. The van der Waals surface area contributed by atoms with E-state index in [1.807, 2.05) is 18.2 Å². The summed E-state index contributed by atoms with van der Waals surface area (Å²) in [5, 5.41) is 1.81. The van der Waals surface area contributed by atoms with E-state index in [0.717, 1.165) is 10.8 Å². The van der Waals surface area contributed by atoms with Gasteiger partial charge in [-0.25, -0.2) is 0 Å². The van der Waals surface area contributed by atoms with Gasteiger partial charge in [0.1, 0.15) is 0 Å². The number of fused-ring (bicyclic) bond motifs is 1. The average molecular weight is 213 g/mol. The fourth-order valence-corrected chi connectivity index (χ4v) is 1.80. The minimum atomic E-state index is 0.0728. The molecular weight excluding hydrogens is 197 g/mol. The third-order valence-electron chi connectivity index (χ3n) is 2.95. The second kappa shape index (κ2) is 3.51. The molecule has 2 aromatic rings. The highest BCUT2D eigenvalue weighted by Gasteiger charge is 2.14. The molecule has 1 heterocycles. The summed E-state index contributed by atoms with van der Waals surface area (Å²) in [6.45, 7) is 6.46. The lowest BCUT2D eigenvalue weighted by molar-refractivity contribution is 0.591. The summed E-state index contributed by atoms with van der Waals surface area (Å²) in [4.78, 5) is 12.0. The average Bonchev–Trinajstić information content (AvgIpc) is 2.22. The van der Waals surface area contributed by atoms with Gasteiger partial charge in [-0.2, -0.15) is 0 Å². The van der Waals surface area contributed by atoms with Gasteiger partial charge >= 0.3 is 0 Å². The Morgan fingerprint density at radius 3 is 2.50 bits per heavy atom. The van der Waals surface area contributed by atoms with Crippen molar-refractivity contribution in [2.75, 3.05) is 0 Å². The number of pyridine rings is 1. The molecule has 0 unspecified atom stereocenters. The Balaban J connectivity index is 2.79. The van der Waals surface area contributed by atoms with Crippen LogP contribution in [0.15, 0.2) is 35.3 Å². The van der Waals surface area contributed by atoms with Gasteiger partial charge < -0.3 is 4.48 Å². The Bertz CT molecular complexity index is 593. The molecule has 0 spiro atoms. The monoisotopic (exact) mass is 213 g/mol. The van der Waals surface area contributed by atoms with Crippen molar-refractivity contribution in [3.8, 4) is 0 Å². The van der Waals surface area contributed by atoms with Gasteiger partial charge in [0, 0.05) is 5.39 Å². The molecule has 16 heavy (non-hydrogen) atoms. The van der Waals surface area contributed by atoms with Crippen LogP contribution in [0.4, 0.5) is 0 Å². The van der Waals surface area contributed by atoms with Crippen LogP contribution in [-0.2, 0) is 5.41 Å². The van der Waals surface area contributed by atoms with Crippen LogP contribution in [0.5, 0.6) is 0 Å². The molecule has 1 aromatic carbocycles. The van der Waals surface area contributed by atoms with Crippen LogP contribution in [0.1, 0.15) is 26.3 Å². The highest BCUT2D eigenvalue weighted by Crippen LogP contribution is 2.24. The van der Waals surface area contributed by atoms with E-state index in [4.69, 9.17) is 0 Å². The van der Waals surface area contributed by atoms with Crippen LogP contribution in [0.3, 0.4) is 0 Å². The second-order valence-electron chi connectivity index (χ2n) is 5.28. The number of rotatable bonds is 0. The van der Waals surface area contributed by atoms with Crippen molar-refractivity contribution in [1.82, 2.24) is 4.48 Å². The zero-order valence-electron chi connectivity index (χ0n) is 10.2. The molecule has 0 bridgehead atoms. The van der Waals surface area contributed by atoms with Gasteiger partial charge in [-0.3, -0.25) is 4.79 Å². The first-order valence-corrected chi connectivity index (χ1v) is 5.49. The van der Waals surface area contributed by atoms with E-state index in [-0.39, 0.29) is 11.0 Å². The van der Waals surface area contributed by atoms with E-state index >= 15 is 0 Å². The first-order valence-electron chi connectivity index (χ1n) is 5.49. The molecule has 2 nitrogen and oxygen atoms in total. The van der Waals surface area contributed by atoms with Gasteiger partial charge in [0.05, 0.1) is 0 Å². The lowest BCUT2D eigenvalue weighted by atomic mass is 9.86. The van der Waals surface area contributed by atoms with Gasteiger partial charge in [-0.05, 0) is 34.7 Å². The quantitative estimate of drug-likeness (QED) is 0.610. The van der Waals surface area contributed by atoms with Gasteiger partial charge in [-0.15, -0.1) is 0 Å². The zero-order chi connectivity index (χ0) is 11.9. The normalized spacial score (nSPS) is 11.9. The molecule has 0 fully saturated rings. The van der Waals surface area contributed by atoms with Gasteiger partial charge in [0.25, 0.3) is 0 Å². The maximum atomic E-state index is 12.0. The Kier molecular flexibility index (Phi) is 2.41. The third kappa shape index (κ3) is 1.78. The van der Waals surface area contributed by atoms with Crippen LogP contribution >= 0.6 is 0 Å². The van der Waals surface area contributed by atoms with Crippen molar-refractivity contribution in [2.45, 2.75) is 26.2 Å². The number of nitrogens with zero attached hydrogens (tertiary/aromatic N) is 1. The van der Waals surface area contributed by atoms with Crippen molar-refractivity contribution < 1.29 is 0 Å². The summed E-state index contributed by atoms with van der Waals surface area (Å²) in [5.74, 6) is 0. The summed E-state index contributed by atoms with van der Waals surface area (Å²) in [6.07, 6.45) is 1.81. The van der Waals surface area contributed by atoms with Crippen molar-refractivity contribution in [2.24, 2.45) is 0 Å². The largest absolute Gasteiger partial charge is 0.367 e. The molecule has 0 saturated carbocycles. The summed E-state index contributed by atoms with van der Waals surface area (Å²) < 4.78 is 1.62. The van der Waals surface area contributed by atoms with Crippen molar-refractivity contribution in [1.29, 1.82) is 0 Å². The van der Waals surface area contributed by atoms with Crippen molar-refractivity contribution >= 4 is 18.8 Å². The van der Waals surface area contributed by atoms with E-state index in [2.05, 4.69) is 26.8 Å². The Morgan fingerprint density at radius 1 is 1.19 bits per heavy atom. The Hall–Kier alpha value is -1.51. The first kappa shape index (κ1) is 11.0. The fraction of sp³-hybridized carbons (Fsp3) is 0.308.